The van der Waals surface area contributed by atoms with E-state index in [0.29, 0.717) is 10.8 Å². The molecule has 0 fully saturated rings. The Hall–Kier alpha value is 1.55. The first-order valence-electron chi connectivity index (χ1n) is 2.81. The van der Waals surface area contributed by atoms with Crippen LogP contribution in [0.15, 0.2) is 18.2 Å². The molecule has 0 bridgehead atoms. The van der Waals surface area contributed by atoms with Gasteiger partial charge >= 0.3 is 53.4 Å². The fourth-order valence-electron chi connectivity index (χ4n) is 0.519. The zero-order valence-corrected chi connectivity index (χ0v) is 14.1. The Morgan fingerprint density at radius 1 is 1.46 bits per heavy atom. The molecule has 0 aliphatic rings. The minimum atomic E-state index is 0. The van der Waals surface area contributed by atoms with Gasteiger partial charge in [-0.1, -0.05) is 5.02 Å². The Morgan fingerprint density at radius 2 is 2.00 bits per heavy atom. The Morgan fingerprint density at radius 3 is 2.31 bits per heavy atom. The molecular weight excluding hydrogens is 370 g/mol. The molecule has 1 aromatic carbocycles. The van der Waals surface area contributed by atoms with Crippen molar-refractivity contribution in [1.82, 2.24) is 0 Å². The fourth-order valence-corrected chi connectivity index (χ4v) is 0.636. The van der Waals surface area contributed by atoms with Gasteiger partial charge in [0.2, 0.25) is 0 Å². The molecule has 1 nitrogen and oxygen atoms in total. The van der Waals surface area contributed by atoms with Gasteiger partial charge in [0.25, 0.3) is 0 Å². The summed E-state index contributed by atoms with van der Waals surface area (Å²) in [4.78, 5) is 0. The summed E-state index contributed by atoms with van der Waals surface area (Å²) in [5.41, 5.74) is 0. The van der Waals surface area contributed by atoms with Gasteiger partial charge in [0.05, 0.1) is 7.11 Å². The molecule has 1 aromatic rings. The maximum atomic E-state index is 5.58. The summed E-state index contributed by atoms with van der Waals surface area (Å²) in [5.74, 6) is 0.708. The van der Waals surface area contributed by atoms with Gasteiger partial charge in [-0.25, -0.2) is 0 Å². The van der Waals surface area contributed by atoms with Gasteiger partial charge in [-0.2, -0.15) is 23.7 Å². The van der Waals surface area contributed by atoms with Crippen LogP contribution in [0.4, 0.5) is 0 Å². The number of ether oxygens (including phenoxy) is 1. The van der Waals surface area contributed by atoms with Crippen LogP contribution in [0.1, 0.15) is 0 Å². The predicted molar refractivity (Wildman–Crippen MR) is 50.9 cm³/mol. The summed E-state index contributed by atoms with van der Waals surface area (Å²) in [6.07, 6.45) is 0. The standard InChI is InChI=1S/C7H6ClO.ClH.HI.Li.Zn/c1-9-7-4-2-6(8)3-5-7;;;;/h2-4H,1H3;2*1H;;/q-1;;;+1;+2/p-2. The van der Waals surface area contributed by atoms with Crippen molar-refractivity contribution in [3.05, 3.63) is 29.3 Å². The number of methoxy groups -OCH3 is 1. The fraction of sp³-hybridized carbons (Fsp3) is 0.143. The van der Waals surface area contributed by atoms with Crippen molar-refractivity contribution in [2.75, 3.05) is 7.11 Å². The number of hydrogen-bond donors (Lipinski definition) is 0. The number of hydrogen-bond acceptors (Lipinski definition) is 1. The molecule has 0 aliphatic heterocycles. The van der Waals surface area contributed by atoms with E-state index in [9.17, 15) is 0 Å². The first-order valence-corrected chi connectivity index (χ1v) is 12.2. The summed E-state index contributed by atoms with van der Waals surface area (Å²) in [6, 6.07) is 8.03. The van der Waals surface area contributed by atoms with Crippen molar-refractivity contribution in [3.63, 3.8) is 0 Å². The van der Waals surface area contributed by atoms with E-state index in [0.717, 1.165) is 0 Å². The Kier molecular flexibility index (Phi) is 20.9. The molecule has 0 saturated heterocycles. The average molecular weight is 376 g/mol. The topological polar surface area (TPSA) is 9.23 Å². The zero-order chi connectivity index (χ0) is 8.69. The third-order valence-electron chi connectivity index (χ3n) is 0.966. The first-order chi connectivity index (χ1) is 5.33. The van der Waals surface area contributed by atoms with E-state index in [2.05, 4.69) is 25.8 Å². The van der Waals surface area contributed by atoms with E-state index < -0.39 is 0 Å². The molecule has 6 heteroatoms. The predicted octanol–water partition coefficient (Wildman–Crippen LogP) is -2.96. The first kappa shape index (κ1) is 20.0. The van der Waals surface area contributed by atoms with Crippen molar-refractivity contribution in [2.24, 2.45) is 0 Å². The van der Waals surface area contributed by atoms with Crippen molar-refractivity contribution in [1.29, 1.82) is 0 Å². The second kappa shape index (κ2) is 13.6. The molecule has 0 heterocycles. The summed E-state index contributed by atoms with van der Waals surface area (Å²) < 4.78 is 4.85. The summed E-state index contributed by atoms with van der Waals surface area (Å²) in [5, 5.41) is 0.677. The number of halogens is 3. The van der Waals surface area contributed by atoms with E-state index in [1.165, 1.54) is 14.8 Å². The van der Waals surface area contributed by atoms with Gasteiger partial charge in [0.15, 0.2) is 0 Å². The summed E-state index contributed by atoms with van der Waals surface area (Å²) >= 11 is 9.20. The monoisotopic (exact) mass is 374 g/mol. The minimum absolute atomic E-state index is 0. The quantitative estimate of drug-likeness (QED) is 0.289. The molecule has 0 aliphatic carbocycles. The molecule has 0 unspecified atom stereocenters. The van der Waals surface area contributed by atoms with Gasteiger partial charge < -0.3 is 17.1 Å². The summed E-state index contributed by atoms with van der Waals surface area (Å²) in [6.45, 7) is 0. The summed E-state index contributed by atoms with van der Waals surface area (Å²) in [7, 11) is 1.60. The zero-order valence-electron chi connectivity index (χ0n) is 7.48. The van der Waals surface area contributed by atoms with Gasteiger partial charge in [0.1, 0.15) is 0 Å². The normalized spacial score (nSPS) is 6.85. The molecule has 0 radical (unpaired) electrons. The second-order valence-electron chi connectivity index (χ2n) is 1.58. The molecule has 0 amide bonds. The van der Waals surface area contributed by atoms with E-state index in [-0.39, 0.29) is 31.3 Å². The molecule has 0 N–H and O–H groups in total. The molecule has 1 rings (SSSR count). The van der Waals surface area contributed by atoms with Gasteiger partial charge in [-0.05, 0) is 0 Å². The molecular formula is C7H6Cl2ILiOZn. The van der Waals surface area contributed by atoms with Gasteiger partial charge in [-0.3, -0.25) is 0 Å². The van der Waals surface area contributed by atoms with Crippen LogP contribution in [-0.2, 0) is 14.8 Å². The van der Waals surface area contributed by atoms with Crippen molar-refractivity contribution >= 4 is 31.4 Å². The van der Waals surface area contributed by atoms with Crippen LogP contribution < -0.4 is 36.0 Å². The van der Waals surface area contributed by atoms with Crippen LogP contribution in [0.2, 0.25) is 5.02 Å². The van der Waals surface area contributed by atoms with Crippen LogP contribution in [0, 0.1) is 6.07 Å². The molecule has 0 spiro atoms. The van der Waals surface area contributed by atoms with E-state index >= 15 is 0 Å². The molecule has 64 valence electrons. The Balaban J connectivity index is -0.000000234. The van der Waals surface area contributed by atoms with Crippen LogP contribution >= 0.6 is 31.4 Å². The van der Waals surface area contributed by atoms with Crippen LogP contribution in [0.25, 0.3) is 0 Å². The van der Waals surface area contributed by atoms with Crippen molar-refractivity contribution < 1.29 is 50.8 Å². The van der Waals surface area contributed by atoms with Crippen LogP contribution in [0.3, 0.4) is 0 Å². The molecule has 0 saturated carbocycles. The Labute approximate surface area is 123 Å². The average Bonchev–Trinajstić information content (AvgIpc) is 2.10. The second-order valence-corrected chi connectivity index (χ2v) is 2.01. The van der Waals surface area contributed by atoms with E-state index in [4.69, 9.17) is 16.3 Å². The van der Waals surface area contributed by atoms with Crippen LogP contribution in [0.5, 0.6) is 5.75 Å². The van der Waals surface area contributed by atoms with E-state index in [1.807, 2.05) is 0 Å². The number of benzene rings is 1. The Bertz CT molecular complexity index is 198. The maximum absolute atomic E-state index is 5.58. The third kappa shape index (κ3) is 9.85. The SMILES string of the molecule is COc1[c-]cc(Cl)cc1.[Cl-].[Li+].[Zn+][I]. The van der Waals surface area contributed by atoms with Crippen molar-refractivity contribution in [2.45, 2.75) is 0 Å². The van der Waals surface area contributed by atoms with Gasteiger partial charge in [-0.15, -0.1) is 12.1 Å². The van der Waals surface area contributed by atoms with Gasteiger partial charge in [0, 0.05) is 5.75 Å². The number of rotatable bonds is 1. The molecule has 0 aromatic heterocycles. The molecule has 0 atom stereocenters. The molecule has 13 heavy (non-hydrogen) atoms. The third-order valence-corrected chi connectivity index (χ3v) is 1.20. The van der Waals surface area contributed by atoms with Crippen LogP contribution in [-0.4, -0.2) is 7.11 Å². The van der Waals surface area contributed by atoms with E-state index in [1.54, 1.807) is 25.3 Å². The van der Waals surface area contributed by atoms with Crippen molar-refractivity contribution in [3.8, 4) is 5.75 Å².